The maximum Gasteiger partial charge on any atom is 0.317 e. The Kier molecular flexibility index (Phi) is 6.58. The lowest BCUT2D eigenvalue weighted by Gasteiger charge is -2.33. The number of morpholine rings is 1. The predicted octanol–water partition coefficient (Wildman–Crippen LogP) is -0.478. The van der Waals surface area contributed by atoms with Crippen LogP contribution in [0.4, 0.5) is 4.79 Å². The summed E-state index contributed by atoms with van der Waals surface area (Å²) in [5.74, 6) is -0.0825. The largest absolute Gasteiger partial charge is 0.385 e. The molecule has 0 bridgehead atoms. The molecule has 1 saturated heterocycles. The van der Waals surface area contributed by atoms with Crippen molar-refractivity contribution in [2.24, 2.45) is 0 Å². The predicted molar refractivity (Wildman–Crippen MR) is 69.9 cm³/mol. The van der Waals surface area contributed by atoms with Gasteiger partial charge in [-0.1, -0.05) is 0 Å². The highest BCUT2D eigenvalue weighted by Crippen LogP contribution is 2.08. The monoisotopic (exact) mass is 273 g/mol. The number of hydrogen-bond donors (Lipinski definition) is 1. The van der Waals surface area contributed by atoms with Crippen molar-refractivity contribution in [3.63, 3.8) is 0 Å². The molecule has 0 unspecified atom stereocenters. The average molecular weight is 273 g/mol. The van der Waals surface area contributed by atoms with E-state index in [4.69, 9.17) is 9.47 Å². The zero-order valence-electron chi connectivity index (χ0n) is 11.8. The van der Waals surface area contributed by atoms with Crippen molar-refractivity contribution >= 4 is 11.9 Å². The number of nitrogens with one attached hydrogen (secondary N) is 1. The van der Waals surface area contributed by atoms with E-state index in [1.54, 1.807) is 26.1 Å². The lowest BCUT2D eigenvalue weighted by Crippen LogP contribution is -2.50. The Labute approximate surface area is 113 Å². The number of ether oxygens (including phenoxy) is 2. The molecule has 1 heterocycles. The van der Waals surface area contributed by atoms with Crippen molar-refractivity contribution in [2.75, 3.05) is 54.1 Å². The van der Waals surface area contributed by atoms with E-state index < -0.39 is 0 Å². The van der Waals surface area contributed by atoms with E-state index in [0.29, 0.717) is 26.3 Å². The van der Waals surface area contributed by atoms with Gasteiger partial charge in [0, 0.05) is 40.9 Å². The first-order valence-corrected chi connectivity index (χ1v) is 6.38. The molecule has 0 radical (unpaired) electrons. The summed E-state index contributed by atoms with van der Waals surface area (Å²) in [4.78, 5) is 26.4. The molecule has 1 atom stereocenters. The summed E-state index contributed by atoms with van der Waals surface area (Å²) in [5, 5.41) is 2.57. The summed E-state index contributed by atoms with van der Waals surface area (Å²) >= 11 is 0. The van der Waals surface area contributed by atoms with Crippen molar-refractivity contribution < 1.29 is 19.1 Å². The third-order valence-electron chi connectivity index (χ3n) is 2.93. The number of urea groups is 1. The van der Waals surface area contributed by atoms with Crippen LogP contribution in [0.15, 0.2) is 0 Å². The molecule has 1 fully saturated rings. The summed E-state index contributed by atoms with van der Waals surface area (Å²) in [6.07, 6.45) is 0.784. The van der Waals surface area contributed by atoms with E-state index in [2.05, 4.69) is 5.32 Å². The average Bonchev–Trinajstić information content (AvgIpc) is 2.42. The maximum absolute atomic E-state index is 12.0. The van der Waals surface area contributed by atoms with Gasteiger partial charge < -0.3 is 24.6 Å². The molecule has 1 aliphatic rings. The topological polar surface area (TPSA) is 71.1 Å². The van der Waals surface area contributed by atoms with Gasteiger partial charge in [0.2, 0.25) is 5.91 Å². The second-order valence-corrected chi connectivity index (χ2v) is 4.67. The molecule has 1 aliphatic heterocycles. The molecule has 0 aliphatic carbocycles. The van der Waals surface area contributed by atoms with Crippen molar-refractivity contribution in [3.8, 4) is 0 Å². The molecule has 1 rings (SSSR count). The minimum atomic E-state index is -0.266. The SMILES string of the molecule is COCC[C@@H]1CN(C(=O)CNC(=O)N(C)C)CCO1. The summed E-state index contributed by atoms with van der Waals surface area (Å²) in [5.41, 5.74) is 0. The molecular formula is C12H23N3O4. The molecule has 0 aromatic heterocycles. The molecular weight excluding hydrogens is 250 g/mol. The normalized spacial score (nSPS) is 19.1. The van der Waals surface area contributed by atoms with Gasteiger partial charge in [-0.3, -0.25) is 4.79 Å². The standard InChI is InChI=1S/C12H23N3O4/c1-14(2)12(17)13-8-11(16)15-5-7-19-10(9-15)4-6-18-3/h10H,4-9H2,1-3H3,(H,13,17)/t10-/m1/s1. The summed E-state index contributed by atoms with van der Waals surface area (Å²) in [6.45, 7) is 2.29. The lowest BCUT2D eigenvalue weighted by molar-refractivity contribution is -0.138. The summed E-state index contributed by atoms with van der Waals surface area (Å²) in [6, 6.07) is -0.266. The number of carbonyl (C=O) groups is 2. The Hall–Kier alpha value is -1.34. The smallest absolute Gasteiger partial charge is 0.317 e. The van der Waals surface area contributed by atoms with Crippen molar-refractivity contribution in [3.05, 3.63) is 0 Å². The summed E-state index contributed by atoms with van der Waals surface area (Å²) in [7, 11) is 4.91. The van der Waals surface area contributed by atoms with Crippen LogP contribution in [0.2, 0.25) is 0 Å². The molecule has 0 saturated carbocycles. The number of methoxy groups -OCH3 is 1. The Balaban J connectivity index is 2.33. The zero-order valence-corrected chi connectivity index (χ0v) is 11.8. The Morgan fingerprint density at radius 2 is 2.21 bits per heavy atom. The van der Waals surface area contributed by atoms with E-state index in [9.17, 15) is 9.59 Å². The minimum absolute atomic E-state index is 0.0159. The van der Waals surface area contributed by atoms with Crippen LogP contribution in [0, 0.1) is 0 Å². The van der Waals surface area contributed by atoms with Gasteiger partial charge in [-0.2, -0.15) is 0 Å². The van der Waals surface area contributed by atoms with E-state index in [1.165, 1.54) is 4.90 Å². The van der Waals surface area contributed by atoms with Gasteiger partial charge in [0.1, 0.15) is 0 Å². The molecule has 0 aromatic carbocycles. The Morgan fingerprint density at radius 1 is 1.47 bits per heavy atom. The number of carbonyl (C=O) groups excluding carboxylic acids is 2. The number of nitrogens with zero attached hydrogens (tertiary/aromatic N) is 2. The zero-order chi connectivity index (χ0) is 14.3. The fourth-order valence-corrected chi connectivity index (χ4v) is 1.79. The first-order valence-electron chi connectivity index (χ1n) is 6.38. The van der Waals surface area contributed by atoms with Crippen LogP contribution in [-0.2, 0) is 14.3 Å². The van der Waals surface area contributed by atoms with Crippen molar-refractivity contribution in [2.45, 2.75) is 12.5 Å². The molecule has 1 N–H and O–H groups in total. The second-order valence-electron chi connectivity index (χ2n) is 4.67. The van der Waals surface area contributed by atoms with Crippen LogP contribution in [0.1, 0.15) is 6.42 Å². The number of amides is 3. The highest BCUT2D eigenvalue weighted by molar-refractivity contribution is 5.83. The Bertz CT molecular complexity index is 309. The molecule has 3 amide bonds. The van der Waals surface area contributed by atoms with Gasteiger partial charge in [0.25, 0.3) is 0 Å². The molecule has 7 heteroatoms. The van der Waals surface area contributed by atoms with E-state index in [-0.39, 0.29) is 24.6 Å². The van der Waals surface area contributed by atoms with Crippen LogP contribution in [0.3, 0.4) is 0 Å². The molecule has 0 spiro atoms. The number of hydrogen-bond acceptors (Lipinski definition) is 4. The fourth-order valence-electron chi connectivity index (χ4n) is 1.79. The first kappa shape index (κ1) is 15.7. The Morgan fingerprint density at radius 3 is 2.84 bits per heavy atom. The molecule has 110 valence electrons. The quantitative estimate of drug-likeness (QED) is 0.734. The first-order chi connectivity index (χ1) is 9.04. The van der Waals surface area contributed by atoms with Crippen LogP contribution in [-0.4, -0.2) is 81.9 Å². The van der Waals surface area contributed by atoms with E-state index in [0.717, 1.165) is 6.42 Å². The number of rotatable bonds is 5. The third-order valence-corrected chi connectivity index (χ3v) is 2.93. The van der Waals surface area contributed by atoms with Gasteiger partial charge in [-0.25, -0.2) is 4.79 Å². The maximum atomic E-state index is 12.0. The van der Waals surface area contributed by atoms with Crippen LogP contribution < -0.4 is 5.32 Å². The van der Waals surface area contributed by atoms with Crippen LogP contribution in [0.25, 0.3) is 0 Å². The molecule has 19 heavy (non-hydrogen) atoms. The highest BCUT2D eigenvalue weighted by Gasteiger charge is 2.24. The lowest BCUT2D eigenvalue weighted by atomic mass is 10.2. The molecule has 0 aromatic rings. The second kappa shape index (κ2) is 7.96. The van der Waals surface area contributed by atoms with Gasteiger partial charge in [-0.05, 0) is 6.42 Å². The van der Waals surface area contributed by atoms with E-state index >= 15 is 0 Å². The van der Waals surface area contributed by atoms with Gasteiger partial charge in [0.15, 0.2) is 0 Å². The minimum Gasteiger partial charge on any atom is -0.385 e. The van der Waals surface area contributed by atoms with E-state index in [1.807, 2.05) is 0 Å². The van der Waals surface area contributed by atoms with Gasteiger partial charge in [0.05, 0.1) is 19.3 Å². The summed E-state index contributed by atoms with van der Waals surface area (Å²) < 4.78 is 10.6. The fraction of sp³-hybridized carbons (Fsp3) is 0.833. The van der Waals surface area contributed by atoms with Crippen molar-refractivity contribution in [1.82, 2.24) is 15.1 Å². The molecule has 7 nitrogen and oxygen atoms in total. The van der Waals surface area contributed by atoms with Crippen LogP contribution >= 0.6 is 0 Å². The third kappa shape index (κ3) is 5.44. The van der Waals surface area contributed by atoms with Gasteiger partial charge in [-0.15, -0.1) is 0 Å². The van der Waals surface area contributed by atoms with Gasteiger partial charge >= 0.3 is 6.03 Å². The van der Waals surface area contributed by atoms with Crippen molar-refractivity contribution in [1.29, 1.82) is 0 Å². The highest BCUT2D eigenvalue weighted by atomic mass is 16.5. The van der Waals surface area contributed by atoms with Crippen LogP contribution in [0.5, 0.6) is 0 Å².